The predicted octanol–water partition coefficient (Wildman–Crippen LogP) is 1.08. The Bertz CT molecular complexity index is 481. The number of benzene rings is 1. The van der Waals surface area contributed by atoms with E-state index in [4.69, 9.17) is 15.6 Å². The quantitative estimate of drug-likeness (QED) is 0.697. The largest absolute Gasteiger partial charge is 0.478 e. The Morgan fingerprint density at radius 2 is 2.22 bits per heavy atom. The molecule has 6 heteroatoms. The van der Waals surface area contributed by atoms with Crippen LogP contribution in [-0.2, 0) is 9.53 Å². The van der Waals surface area contributed by atoms with Gasteiger partial charge in [-0.1, -0.05) is 0 Å². The lowest BCUT2D eigenvalue weighted by molar-refractivity contribution is -0.124. The lowest BCUT2D eigenvalue weighted by Gasteiger charge is -2.12. The third kappa shape index (κ3) is 2.60. The smallest absolute Gasteiger partial charge is 0.337 e. The molecule has 6 nitrogen and oxygen atoms in total. The second-order valence-electron chi connectivity index (χ2n) is 4.10. The number of nitrogens with one attached hydrogen (secondary N) is 1. The third-order valence-electron chi connectivity index (χ3n) is 2.75. The van der Waals surface area contributed by atoms with E-state index in [2.05, 4.69) is 5.32 Å². The molecule has 1 amide bonds. The fourth-order valence-corrected chi connectivity index (χ4v) is 1.85. The van der Waals surface area contributed by atoms with E-state index in [9.17, 15) is 9.59 Å². The molecule has 1 unspecified atom stereocenters. The van der Waals surface area contributed by atoms with Gasteiger partial charge in [0.1, 0.15) is 6.10 Å². The van der Waals surface area contributed by atoms with Gasteiger partial charge in [-0.2, -0.15) is 0 Å². The number of amides is 1. The molecule has 0 bridgehead atoms. The highest BCUT2D eigenvalue weighted by Crippen LogP contribution is 2.21. The van der Waals surface area contributed by atoms with Gasteiger partial charge in [-0.05, 0) is 31.0 Å². The van der Waals surface area contributed by atoms with E-state index in [0.29, 0.717) is 18.7 Å². The normalized spacial score (nSPS) is 18.6. The maximum atomic E-state index is 11.8. The molecule has 0 aliphatic carbocycles. The van der Waals surface area contributed by atoms with Crippen LogP contribution in [0.3, 0.4) is 0 Å². The number of ether oxygens (including phenoxy) is 1. The zero-order valence-corrected chi connectivity index (χ0v) is 9.68. The highest BCUT2D eigenvalue weighted by molar-refractivity contribution is 6.02. The summed E-state index contributed by atoms with van der Waals surface area (Å²) in [7, 11) is 0. The molecule has 1 aliphatic rings. The first-order valence-corrected chi connectivity index (χ1v) is 5.63. The van der Waals surface area contributed by atoms with Crippen molar-refractivity contribution >= 4 is 23.3 Å². The van der Waals surface area contributed by atoms with Crippen LogP contribution in [0.4, 0.5) is 11.4 Å². The number of aromatic carboxylic acids is 1. The third-order valence-corrected chi connectivity index (χ3v) is 2.75. The van der Waals surface area contributed by atoms with Gasteiger partial charge in [-0.3, -0.25) is 4.79 Å². The summed E-state index contributed by atoms with van der Waals surface area (Å²) in [6.45, 7) is 0.556. The average molecular weight is 250 g/mol. The lowest BCUT2D eigenvalue weighted by atomic mass is 10.1. The van der Waals surface area contributed by atoms with Gasteiger partial charge in [0.2, 0.25) is 0 Å². The number of carboxylic acids is 1. The first kappa shape index (κ1) is 12.4. The van der Waals surface area contributed by atoms with E-state index < -0.39 is 12.1 Å². The first-order valence-electron chi connectivity index (χ1n) is 5.63. The van der Waals surface area contributed by atoms with Gasteiger partial charge in [0.25, 0.3) is 5.91 Å². The van der Waals surface area contributed by atoms with Gasteiger partial charge >= 0.3 is 5.97 Å². The van der Waals surface area contributed by atoms with Crippen LogP contribution in [0.5, 0.6) is 0 Å². The number of rotatable bonds is 3. The number of carboxylic acid groups (broad SMARTS) is 1. The van der Waals surface area contributed by atoms with Gasteiger partial charge in [-0.15, -0.1) is 0 Å². The summed E-state index contributed by atoms with van der Waals surface area (Å²) in [5.74, 6) is -1.45. The summed E-state index contributed by atoms with van der Waals surface area (Å²) in [6.07, 6.45) is 0.977. The van der Waals surface area contributed by atoms with Crippen LogP contribution in [-0.4, -0.2) is 29.7 Å². The molecule has 0 saturated carbocycles. The Kier molecular flexibility index (Phi) is 3.47. The molecule has 0 spiro atoms. The Balaban J connectivity index is 2.19. The van der Waals surface area contributed by atoms with Gasteiger partial charge in [-0.25, -0.2) is 4.79 Å². The molecular formula is C12H14N2O4. The Morgan fingerprint density at radius 3 is 2.83 bits per heavy atom. The second-order valence-corrected chi connectivity index (χ2v) is 4.10. The topological polar surface area (TPSA) is 102 Å². The second kappa shape index (κ2) is 5.05. The van der Waals surface area contributed by atoms with Crippen molar-refractivity contribution in [3.05, 3.63) is 23.8 Å². The van der Waals surface area contributed by atoms with Gasteiger partial charge in [0.15, 0.2) is 0 Å². The molecule has 1 aromatic carbocycles. The van der Waals surface area contributed by atoms with Crippen LogP contribution in [0.2, 0.25) is 0 Å². The lowest BCUT2D eigenvalue weighted by Crippen LogP contribution is -2.27. The van der Waals surface area contributed by atoms with Crippen LogP contribution in [0.25, 0.3) is 0 Å². The molecule has 0 aromatic heterocycles. The summed E-state index contributed by atoms with van der Waals surface area (Å²) >= 11 is 0. The highest BCUT2D eigenvalue weighted by atomic mass is 16.5. The molecule has 96 valence electrons. The van der Waals surface area contributed by atoms with Crippen molar-refractivity contribution in [3.63, 3.8) is 0 Å². The van der Waals surface area contributed by atoms with E-state index in [1.807, 2.05) is 0 Å². The summed E-state index contributed by atoms with van der Waals surface area (Å²) in [6, 6.07) is 4.27. The SMILES string of the molecule is Nc1ccc(C(=O)O)c(NC(=O)C2CCCO2)c1. The fraction of sp³-hybridized carbons (Fsp3) is 0.333. The van der Waals surface area contributed by atoms with E-state index in [0.717, 1.165) is 6.42 Å². The number of anilines is 2. The minimum atomic E-state index is -1.11. The van der Waals surface area contributed by atoms with Gasteiger partial charge < -0.3 is 20.9 Å². The molecule has 2 rings (SSSR count). The van der Waals surface area contributed by atoms with Crippen LogP contribution < -0.4 is 11.1 Å². The molecule has 0 radical (unpaired) electrons. The van der Waals surface area contributed by atoms with Crippen molar-refractivity contribution in [2.75, 3.05) is 17.7 Å². The van der Waals surface area contributed by atoms with Gasteiger partial charge in [0.05, 0.1) is 11.3 Å². The molecule has 1 atom stereocenters. The van der Waals surface area contributed by atoms with Crippen molar-refractivity contribution in [3.8, 4) is 0 Å². The fourth-order valence-electron chi connectivity index (χ4n) is 1.85. The van der Waals surface area contributed by atoms with Gasteiger partial charge in [0, 0.05) is 12.3 Å². The Hall–Kier alpha value is -2.08. The minimum Gasteiger partial charge on any atom is -0.478 e. The van der Waals surface area contributed by atoms with E-state index >= 15 is 0 Å². The highest BCUT2D eigenvalue weighted by Gasteiger charge is 2.24. The minimum absolute atomic E-state index is 0.00977. The molecule has 1 aromatic rings. The molecular weight excluding hydrogens is 236 g/mol. The molecule has 18 heavy (non-hydrogen) atoms. The zero-order valence-electron chi connectivity index (χ0n) is 9.68. The van der Waals surface area contributed by atoms with Crippen LogP contribution >= 0.6 is 0 Å². The van der Waals surface area contributed by atoms with Crippen molar-refractivity contribution in [2.45, 2.75) is 18.9 Å². The number of carbonyl (C=O) groups excluding carboxylic acids is 1. The van der Waals surface area contributed by atoms with E-state index in [-0.39, 0.29) is 17.2 Å². The molecule has 1 saturated heterocycles. The van der Waals surface area contributed by atoms with Crippen molar-refractivity contribution < 1.29 is 19.4 Å². The average Bonchev–Trinajstić information content (AvgIpc) is 2.81. The van der Waals surface area contributed by atoms with E-state index in [1.54, 1.807) is 0 Å². The maximum absolute atomic E-state index is 11.8. The van der Waals surface area contributed by atoms with Crippen molar-refractivity contribution in [2.24, 2.45) is 0 Å². The van der Waals surface area contributed by atoms with Crippen LogP contribution in [0.15, 0.2) is 18.2 Å². The summed E-state index contributed by atoms with van der Waals surface area (Å²) in [5, 5.41) is 11.6. The molecule has 1 aliphatic heterocycles. The zero-order chi connectivity index (χ0) is 13.1. The monoisotopic (exact) mass is 250 g/mol. The van der Waals surface area contributed by atoms with Crippen molar-refractivity contribution in [1.82, 2.24) is 0 Å². The molecule has 1 fully saturated rings. The maximum Gasteiger partial charge on any atom is 0.337 e. The van der Waals surface area contributed by atoms with Crippen LogP contribution in [0, 0.1) is 0 Å². The standard InChI is InChI=1S/C12H14N2O4/c13-7-3-4-8(12(16)17)9(6-7)14-11(15)10-2-1-5-18-10/h3-4,6,10H,1-2,5,13H2,(H,14,15)(H,16,17). The van der Waals surface area contributed by atoms with Crippen LogP contribution in [0.1, 0.15) is 23.2 Å². The van der Waals surface area contributed by atoms with Crippen molar-refractivity contribution in [1.29, 1.82) is 0 Å². The number of nitrogens with two attached hydrogens (primary N) is 1. The summed E-state index contributed by atoms with van der Waals surface area (Å²) < 4.78 is 5.23. The number of hydrogen-bond donors (Lipinski definition) is 3. The first-order chi connectivity index (χ1) is 8.58. The molecule has 1 heterocycles. The Labute approximate surface area is 104 Å². The van der Waals surface area contributed by atoms with E-state index in [1.165, 1.54) is 18.2 Å². The number of hydrogen-bond acceptors (Lipinski definition) is 4. The molecule has 4 N–H and O–H groups in total. The summed E-state index contributed by atoms with van der Waals surface area (Å²) in [4.78, 5) is 22.8. The summed E-state index contributed by atoms with van der Waals surface area (Å²) in [5.41, 5.74) is 6.18. The predicted molar refractivity (Wildman–Crippen MR) is 65.4 cm³/mol. The Morgan fingerprint density at radius 1 is 1.44 bits per heavy atom. The number of carbonyl (C=O) groups is 2. The number of nitrogen functional groups attached to an aromatic ring is 1.